The zero-order chi connectivity index (χ0) is 15.2. The third-order valence-electron chi connectivity index (χ3n) is 3.32. The van der Waals surface area contributed by atoms with Gasteiger partial charge >= 0.3 is 0 Å². The monoisotopic (exact) mass is 284 g/mol. The highest BCUT2D eigenvalue weighted by atomic mass is 16.5. The lowest BCUT2D eigenvalue weighted by Crippen LogP contribution is -2.15. The molecule has 0 aliphatic carbocycles. The average molecular weight is 284 g/mol. The van der Waals surface area contributed by atoms with E-state index < -0.39 is 0 Å². The van der Waals surface area contributed by atoms with Gasteiger partial charge in [-0.3, -0.25) is 4.79 Å². The number of aryl methyl sites for hydroxylation is 1. The fourth-order valence-corrected chi connectivity index (χ4v) is 2.24. The van der Waals surface area contributed by atoms with Crippen molar-refractivity contribution in [1.82, 2.24) is 0 Å². The van der Waals surface area contributed by atoms with Gasteiger partial charge in [-0.05, 0) is 30.2 Å². The molecule has 0 spiro atoms. The lowest BCUT2D eigenvalue weighted by Gasteiger charge is -2.13. The van der Waals surface area contributed by atoms with E-state index in [1.165, 1.54) is 7.11 Å². The Hall–Kier alpha value is -2.49. The molecular formula is C17H20N2O2. The number of carbonyl (C=O) groups excluding carboxylic acids is 1. The topological polar surface area (TPSA) is 64.3 Å². The second-order valence-corrected chi connectivity index (χ2v) is 4.78. The van der Waals surface area contributed by atoms with Crippen molar-refractivity contribution in [3.63, 3.8) is 0 Å². The van der Waals surface area contributed by atoms with E-state index in [0.717, 1.165) is 24.1 Å². The molecule has 4 heteroatoms. The van der Waals surface area contributed by atoms with E-state index in [9.17, 15) is 4.79 Å². The summed E-state index contributed by atoms with van der Waals surface area (Å²) in [5.41, 5.74) is 8.67. The quantitative estimate of drug-likeness (QED) is 0.826. The number of nitrogen functional groups attached to an aromatic ring is 1. The van der Waals surface area contributed by atoms with Crippen LogP contribution in [0.25, 0.3) is 0 Å². The molecule has 0 heterocycles. The van der Waals surface area contributed by atoms with Crippen molar-refractivity contribution in [3.05, 3.63) is 53.6 Å². The molecule has 0 bridgehead atoms. The lowest BCUT2D eigenvalue weighted by atomic mass is 10.1. The Morgan fingerprint density at radius 1 is 1.19 bits per heavy atom. The lowest BCUT2D eigenvalue weighted by molar-refractivity contribution is 0.102. The Labute approximate surface area is 124 Å². The zero-order valence-corrected chi connectivity index (χ0v) is 12.3. The van der Waals surface area contributed by atoms with Gasteiger partial charge in [0.15, 0.2) is 0 Å². The van der Waals surface area contributed by atoms with Crippen molar-refractivity contribution in [3.8, 4) is 5.75 Å². The number of nitrogens with two attached hydrogens (primary N) is 1. The molecule has 0 aromatic heterocycles. The molecule has 0 atom stereocenters. The van der Waals surface area contributed by atoms with Gasteiger partial charge in [0.05, 0.1) is 18.4 Å². The summed E-state index contributed by atoms with van der Waals surface area (Å²) >= 11 is 0. The number of anilines is 2. The Morgan fingerprint density at radius 3 is 2.67 bits per heavy atom. The van der Waals surface area contributed by atoms with Gasteiger partial charge in [0.1, 0.15) is 5.75 Å². The summed E-state index contributed by atoms with van der Waals surface area (Å²) in [5, 5.41) is 2.93. The Bertz CT molecular complexity index is 638. The second kappa shape index (κ2) is 6.79. The molecule has 21 heavy (non-hydrogen) atoms. The number of para-hydroxylation sites is 2. The van der Waals surface area contributed by atoms with Gasteiger partial charge in [-0.15, -0.1) is 0 Å². The van der Waals surface area contributed by atoms with Crippen molar-refractivity contribution in [2.45, 2.75) is 19.8 Å². The molecule has 4 nitrogen and oxygen atoms in total. The number of carbonyl (C=O) groups is 1. The van der Waals surface area contributed by atoms with Gasteiger partial charge in [0, 0.05) is 5.69 Å². The highest BCUT2D eigenvalue weighted by molar-refractivity contribution is 6.08. The van der Waals surface area contributed by atoms with Crippen LogP contribution in [0.1, 0.15) is 29.3 Å². The van der Waals surface area contributed by atoms with Crippen molar-refractivity contribution in [2.24, 2.45) is 0 Å². The first-order valence-electron chi connectivity index (χ1n) is 6.99. The number of amides is 1. The fourth-order valence-electron chi connectivity index (χ4n) is 2.24. The van der Waals surface area contributed by atoms with Crippen molar-refractivity contribution in [1.29, 1.82) is 0 Å². The van der Waals surface area contributed by atoms with Gasteiger partial charge in [0.2, 0.25) is 0 Å². The van der Waals surface area contributed by atoms with E-state index in [4.69, 9.17) is 10.5 Å². The first kappa shape index (κ1) is 14.9. The van der Waals surface area contributed by atoms with E-state index in [2.05, 4.69) is 12.2 Å². The Morgan fingerprint density at radius 2 is 1.95 bits per heavy atom. The van der Waals surface area contributed by atoms with Crippen LogP contribution in [0.5, 0.6) is 5.75 Å². The van der Waals surface area contributed by atoms with E-state index in [-0.39, 0.29) is 5.91 Å². The van der Waals surface area contributed by atoms with Gasteiger partial charge < -0.3 is 15.8 Å². The predicted octanol–water partition coefficient (Wildman–Crippen LogP) is 3.48. The maximum absolute atomic E-state index is 12.4. The van der Waals surface area contributed by atoms with E-state index in [1.54, 1.807) is 18.2 Å². The predicted molar refractivity (Wildman–Crippen MR) is 85.8 cm³/mol. The Balaban J connectivity index is 2.26. The first-order chi connectivity index (χ1) is 10.2. The van der Waals surface area contributed by atoms with Crippen LogP contribution >= 0.6 is 0 Å². The summed E-state index contributed by atoms with van der Waals surface area (Å²) in [7, 11) is 1.53. The maximum atomic E-state index is 12.4. The molecule has 0 saturated heterocycles. The molecule has 2 rings (SSSR count). The number of hydrogen-bond donors (Lipinski definition) is 2. The first-order valence-corrected chi connectivity index (χ1v) is 6.99. The largest absolute Gasteiger partial charge is 0.495 e. The van der Waals surface area contributed by atoms with Gasteiger partial charge in [0.25, 0.3) is 5.91 Å². The third kappa shape index (κ3) is 3.34. The summed E-state index contributed by atoms with van der Waals surface area (Å²) in [4.78, 5) is 12.4. The van der Waals surface area contributed by atoms with Crippen LogP contribution in [-0.2, 0) is 6.42 Å². The molecule has 1 amide bonds. The number of benzene rings is 2. The van der Waals surface area contributed by atoms with Crippen LogP contribution in [0.2, 0.25) is 0 Å². The summed E-state index contributed by atoms with van der Waals surface area (Å²) < 4.78 is 5.14. The minimum absolute atomic E-state index is 0.227. The summed E-state index contributed by atoms with van der Waals surface area (Å²) in [6.45, 7) is 2.11. The Kier molecular flexibility index (Phi) is 4.82. The van der Waals surface area contributed by atoms with Crippen LogP contribution in [0.3, 0.4) is 0 Å². The average Bonchev–Trinajstić information content (AvgIpc) is 2.49. The van der Waals surface area contributed by atoms with Gasteiger partial charge in [-0.1, -0.05) is 37.6 Å². The summed E-state index contributed by atoms with van der Waals surface area (Å²) in [6, 6.07) is 13.0. The fraction of sp³-hybridized carbons (Fsp3) is 0.235. The second-order valence-electron chi connectivity index (χ2n) is 4.78. The zero-order valence-electron chi connectivity index (χ0n) is 12.3. The summed E-state index contributed by atoms with van der Waals surface area (Å²) in [5.74, 6) is 0.277. The number of nitrogens with one attached hydrogen (secondary N) is 1. The van der Waals surface area contributed by atoms with Crippen LogP contribution in [-0.4, -0.2) is 13.0 Å². The van der Waals surface area contributed by atoms with Crippen LogP contribution in [0.4, 0.5) is 11.4 Å². The van der Waals surface area contributed by atoms with Gasteiger partial charge in [-0.2, -0.15) is 0 Å². The van der Waals surface area contributed by atoms with Crippen molar-refractivity contribution < 1.29 is 9.53 Å². The molecule has 0 fully saturated rings. The minimum atomic E-state index is -0.227. The molecule has 3 N–H and O–H groups in total. The highest BCUT2D eigenvalue weighted by Gasteiger charge is 2.14. The van der Waals surface area contributed by atoms with E-state index in [0.29, 0.717) is 17.0 Å². The molecular weight excluding hydrogens is 264 g/mol. The molecule has 0 aliphatic heterocycles. The van der Waals surface area contributed by atoms with E-state index >= 15 is 0 Å². The molecule has 0 aliphatic rings. The smallest absolute Gasteiger partial charge is 0.257 e. The summed E-state index contributed by atoms with van der Waals surface area (Å²) in [6.07, 6.45) is 1.94. The normalized spacial score (nSPS) is 10.2. The molecule has 2 aromatic rings. The minimum Gasteiger partial charge on any atom is -0.495 e. The number of rotatable bonds is 5. The maximum Gasteiger partial charge on any atom is 0.257 e. The molecule has 110 valence electrons. The standard InChI is InChI=1S/C17H20N2O2/c1-3-7-12-8-4-5-10-14(12)19-17(20)13-9-6-11-15(21-2)16(13)18/h4-6,8-11H,3,7,18H2,1-2H3,(H,19,20). The number of ether oxygens (including phenoxy) is 1. The van der Waals surface area contributed by atoms with E-state index in [1.807, 2.05) is 24.3 Å². The van der Waals surface area contributed by atoms with Crippen molar-refractivity contribution >= 4 is 17.3 Å². The SMILES string of the molecule is CCCc1ccccc1NC(=O)c1cccc(OC)c1N. The molecule has 2 aromatic carbocycles. The molecule has 0 radical (unpaired) electrons. The highest BCUT2D eigenvalue weighted by Crippen LogP contribution is 2.26. The third-order valence-corrected chi connectivity index (χ3v) is 3.32. The van der Waals surface area contributed by atoms with Crippen LogP contribution < -0.4 is 15.8 Å². The number of hydrogen-bond acceptors (Lipinski definition) is 3. The van der Waals surface area contributed by atoms with Crippen LogP contribution in [0.15, 0.2) is 42.5 Å². The van der Waals surface area contributed by atoms with Crippen molar-refractivity contribution in [2.75, 3.05) is 18.2 Å². The number of methoxy groups -OCH3 is 1. The van der Waals surface area contributed by atoms with Crippen LogP contribution in [0, 0.1) is 0 Å². The van der Waals surface area contributed by atoms with Gasteiger partial charge in [-0.25, -0.2) is 0 Å². The molecule has 0 saturated carbocycles. The molecule has 0 unspecified atom stereocenters.